The number of aromatic carboxylic acids is 1. The van der Waals surface area contributed by atoms with Crippen LogP contribution in [0.15, 0.2) is 16.6 Å². The van der Waals surface area contributed by atoms with E-state index in [0.29, 0.717) is 13.1 Å². The third kappa shape index (κ3) is 1.92. The van der Waals surface area contributed by atoms with E-state index >= 15 is 0 Å². The van der Waals surface area contributed by atoms with Crippen molar-refractivity contribution < 1.29 is 9.90 Å². The average molecular weight is 361 g/mol. The van der Waals surface area contributed by atoms with E-state index in [9.17, 15) is 4.79 Å². The van der Waals surface area contributed by atoms with Crippen LogP contribution in [-0.4, -0.2) is 11.1 Å². The van der Waals surface area contributed by atoms with Crippen LogP contribution >= 0.6 is 50.1 Å². The number of halogens is 3. The van der Waals surface area contributed by atoms with Gasteiger partial charge in [-0.3, -0.25) is 0 Å². The zero-order chi connectivity index (χ0) is 9.30. The van der Waals surface area contributed by atoms with E-state index < -0.39 is 5.97 Å². The Labute approximate surface area is 96.2 Å². The lowest BCUT2D eigenvalue weighted by Gasteiger charge is -2.02. The van der Waals surface area contributed by atoms with Crippen molar-refractivity contribution in [2.24, 2.45) is 0 Å². The van der Waals surface area contributed by atoms with Crippen molar-refractivity contribution in [3.05, 3.63) is 30.8 Å². The summed E-state index contributed by atoms with van der Waals surface area (Å²) in [5, 5.41) is 9.23. The zero-order valence-electron chi connectivity index (χ0n) is 5.64. The van der Waals surface area contributed by atoms with E-state index in [1.54, 1.807) is 6.07 Å². The molecule has 0 atom stereocenters. The first-order valence-corrected chi connectivity index (χ1v) is 5.16. The first-order chi connectivity index (χ1) is 5.54. The summed E-state index contributed by atoms with van der Waals surface area (Å²) in [6.45, 7) is 0. The summed E-state index contributed by atoms with van der Waals surface area (Å²) in [4.78, 5) is 10.6. The standard InChI is InChI=1S/C7H3BrClIO2/c8-5-4(9)2-1-3(6(5)10)7(11)12/h1-2H,(H,11,12). The molecule has 2 nitrogen and oxygen atoms in total. The summed E-state index contributed by atoms with van der Waals surface area (Å²) in [6, 6.07) is 3.04. The van der Waals surface area contributed by atoms with Crippen molar-refractivity contribution in [2.75, 3.05) is 0 Å². The summed E-state index contributed by atoms with van der Waals surface area (Å²) in [5.41, 5.74) is 0.256. The maximum absolute atomic E-state index is 10.6. The quantitative estimate of drug-likeness (QED) is 0.615. The summed E-state index contributed by atoms with van der Waals surface area (Å²) in [7, 11) is 0. The topological polar surface area (TPSA) is 37.3 Å². The molecule has 64 valence electrons. The smallest absolute Gasteiger partial charge is 0.336 e. The van der Waals surface area contributed by atoms with Crippen LogP contribution in [0.2, 0.25) is 5.02 Å². The molecule has 1 aromatic rings. The summed E-state index contributed by atoms with van der Waals surface area (Å²) >= 11 is 10.9. The molecule has 0 amide bonds. The number of benzene rings is 1. The molecule has 0 saturated heterocycles. The van der Waals surface area contributed by atoms with Crippen LogP contribution in [0.4, 0.5) is 0 Å². The van der Waals surface area contributed by atoms with Gasteiger partial charge in [0.25, 0.3) is 0 Å². The Morgan fingerprint density at radius 2 is 2.17 bits per heavy atom. The first-order valence-electron chi connectivity index (χ1n) is 2.91. The monoisotopic (exact) mass is 360 g/mol. The van der Waals surface area contributed by atoms with Gasteiger partial charge in [-0.15, -0.1) is 0 Å². The van der Waals surface area contributed by atoms with Gasteiger partial charge >= 0.3 is 5.97 Å². The number of hydrogen-bond donors (Lipinski definition) is 1. The van der Waals surface area contributed by atoms with Crippen molar-refractivity contribution in [2.45, 2.75) is 0 Å². The lowest BCUT2D eigenvalue weighted by atomic mass is 10.2. The molecule has 0 unspecified atom stereocenters. The minimum Gasteiger partial charge on any atom is -0.478 e. The van der Waals surface area contributed by atoms with Gasteiger partial charge in [-0.05, 0) is 50.7 Å². The predicted molar refractivity (Wildman–Crippen MR) is 58.8 cm³/mol. The van der Waals surface area contributed by atoms with Crippen molar-refractivity contribution in [3.63, 3.8) is 0 Å². The highest BCUT2D eigenvalue weighted by atomic mass is 127. The molecule has 0 aliphatic rings. The molecule has 0 saturated carbocycles. The largest absolute Gasteiger partial charge is 0.478 e. The number of rotatable bonds is 1. The third-order valence-electron chi connectivity index (χ3n) is 1.27. The Hall–Kier alpha value is 0.190. The Kier molecular flexibility index (Phi) is 3.37. The van der Waals surface area contributed by atoms with E-state index in [-0.39, 0.29) is 5.56 Å². The van der Waals surface area contributed by atoms with Crippen LogP contribution in [0, 0.1) is 3.57 Å². The fourth-order valence-corrected chi connectivity index (χ4v) is 2.05. The van der Waals surface area contributed by atoms with E-state index in [1.807, 2.05) is 22.6 Å². The highest BCUT2D eigenvalue weighted by molar-refractivity contribution is 14.1. The van der Waals surface area contributed by atoms with E-state index in [0.717, 1.165) is 0 Å². The Morgan fingerprint density at radius 3 is 2.67 bits per heavy atom. The summed E-state index contributed by atoms with van der Waals surface area (Å²) < 4.78 is 1.25. The van der Waals surface area contributed by atoms with Gasteiger partial charge < -0.3 is 5.11 Å². The number of carboxylic acids is 1. The van der Waals surface area contributed by atoms with Gasteiger partial charge in [0.15, 0.2) is 0 Å². The van der Waals surface area contributed by atoms with Crippen LogP contribution in [-0.2, 0) is 0 Å². The molecule has 0 aliphatic carbocycles. The van der Waals surface area contributed by atoms with Gasteiger partial charge in [-0.1, -0.05) is 11.6 Å². The van der Waals surface area contributed by atoms with Crippen LogP contribution < -0.4 is 0 Å². The highest BCUT2D eigenvalue weighted by Crippen LogP contribution is 2.30. The minimum atomic E-state index is -0.947. The molecule has 0 fully saturated rings. The van der Waals surface area contributed by atoms with Gasteiger partial charge in [-0.2, -0.15) is 0 Å². The molecule has 1 N–H and O–H groups in total. The third-order valence-corrected chi connectivity index (χ3v) is 4.49. The van der Waals surface area contributed by atoms with Gasteiger partial charge in [0.2, 0.25) is 0 Å². The minimum absolute atomic E-state index is 0.256. The number of hydrogen-bond acceptors (Lipinski definition) is 1. The van der Waals surface area contributed by atoms with Gasteiger partial charge in [0.05, 0.1) is 15.1 Å². The van der Waals surface area contributed by atoms with Gasteiger partial charge in [-0.25, -0.2) is 4.79 Å². The maximum Gasteiger partial charge on any atom is 0.336 e. The molecular weight excluding hydrogens is 358 g/mol. The highest BCUT2D eigenvalue weighted by Gasteiger charge is 2.12. The molecule has 0 aromatic heterocycles. The Bertz CT molecular complexity index is 340. The second-order valence-electron chi connectivity index (χ2n) is 2.03. The van der Waals surface area contributed by atoms with E-state index in [1.165, 1.54) is 6.07 Å². The number of carboxylic acid groups (broad SMARTS) is 1. The first kappa shape index (κ1) is 10.3. The molecule has 12 heavy (non-hydrogen) atoms. The lowest BCUT2D eigenvalue weighted by molar-refractivity contribution is 0.0695. The van der Waals surface area contributed by atoms with Crippen molar-refractivity contribution in [1.82, 2.24) is 0 Å². The Balaban J connectivity index is 3.36. The van der Waals surface area contributed by atoms with E-state index in [2.05, 4.69) is 15.9 Å². The molecule has 0 bridgehead atoms. The van der Waals surface area contributed by atoms with Crippen LogP contribution in [0.5, 0.6) is 0 Å². The Morgan fingerprint density at radius 1 is 1.58 bits per heavy atom. The predicted octanol–water partition coefficient (Wildman–Crippen LogP) is 3.41. The molecule has 0 heterocycles. The molecule has 1 aromatic carbocycles. The second-order valence-corrected chi connectivity index (χ2v) is 4.31. The molecule has 0 radical (unpaired) electrons. The fraction of sp³-hybridized carbons (Fsp3) is 0. The lowest BCUT2D eigenvalue weighted by Crippen LogP contribution is -1.99. The number of carbonyl (C=O) groups is 1. The van der Waals surface area contributed by atoms with Crippen molar-refractivity contribution >= 4 is 56.1 Å². The molecular formula is C7H3BrClIO2. The summed E-state index contributed by atoms with van der Waals surface area (Å²) in [6.07, 6.45) is 0. The molecule has 5 heteroatoms. The maximum atomic E-state index is 10.6. The normalized spacial score (nSPS) is 9.92. The SMILES string of the molecule is O=C(O)c1ccc(Cl)c(Br)c1I. The molecule has 0 spiro atoms. The molecule has 1 rings (SSSR count). The van der Waals surface area contributed by atoms with Crippen LogP contribution in [0.25, 0.3) is 0 Å². The zero-order valence-corrected chi connectivity index (χ0v) is 10.1. The van der Waals surface area contributed by atoms with Crippen LogP contribution in [0.1, 0.15) is 10.4 Å². The van der Waals surface area contributed by atoms with Crippen molar-refractivity contribution in [3.8, 4) is 0 Å². The fourth-order valence-electron chi connectivity index (χ4n) is 0.691. The summed E-state index contributed by atoms with van der Waals surface area (Å²) in [5.74, 6) is -0.947. The van der Waals surface area contributed by atoms with Crippen molar-refractivity contribution in [1.29, 1.82) is 0 Å². The molecule has 0 aliphatic heterocycles. The average Bonchev–Trinajstić information content (AvgIpc) is 2.00. The van der Waals surface area contributed by atoms with Gasteiger partial charge in [0, 0.05) is 3.57 Å². The van der Waals surface area contributed by atoms with Gasteiger partial charge in [0.1, 0.15) is 0 Å². The van der Waals surface area contributed by atoms with E-state index in [4.69, 9.17) is 16.7 Å². The van der Waals surface area contributed by atoms with Crippen LogP contribution in [0.3, 0.4) is 0 Å². The second kappa shape index (κ2) is 3.93.